The summed E-state index contributed by atoms with van der Waals surface area (Å²) in [4.78, 5) is 8.43. The number of ether oxygens (including phenoxy) is 1. The minimum Gasteiger partial charge on any atom is -0.398 e. The van der Waals surface area contributed by atoms with E-state index in [1.165, 1.54) is 0 Å². The molecule has 1 aliphatic carbocycles. The zero-order valence-corrected chi connectivity index (χ0v) is 13.6. The van der Waals surface area contributed by atoms with Gasteiger partial charge in [0, 0.05) is 18.0 Å². The van der Waals surface area contributed by atoms with E-state index in [1.807, 2.05) is 13.8 Å². The van der Waals surface area contributed by atoms with E-state index in [0.29, 0.717) is 36.3 Å². The highest BCUT2D eigenvalue weighted by molar-refractivity contribution is 5.90. The first-order valence-corrected chi connectivity index (χ1v) is 8.08. The first kappa shape index (κ1) is 15.9. The number of halogens is 1. The average molecular weight is 318 g/mol. The third kappa shape index (κ3) is 3.88. The molecule has 6 heteroatoms. The Hall–Kier alpha value is -1.95. The van der Waals surface area contributed by atoms with Crippen LogP contribution < -0.4 is 11.1 Å². The molecule has 0 unspecified atom stereocenters. The molecule has 1 aromatic heterocycles. The van der Waals surface area contributed by atoms with Crippen LogP contribution >= 0.6 is 0 Å². The van der Waals surface area contributed by atoms with Gasteiger partial charge < -0.3 is 15.8 Å². The Morgan fingerprint density at radius 3 is 2.70 bits per heavy atom. The molecule has 0 aromatic carbocycles. The van der Waals surface area contributed by atoms with Crippen LogP contribution in [0.1, 0.15) is 32.3 Å². The third-order valence-electron chi connectivity index (χ3n) is 4.05. The summed E-state index contributed by atoms with van der Waals surface area (Å²) in [6.07, 6.45) is 3.99. The number of allylic oxidation sites excluding steroid dienone is 1. The molecule has 0 radical (unpaired) electrons. The molecular formula is C17H23FN4O. The van der Waals surface area contributed by atoms with E-state index in [1.54, 1.807) is 18.3 Å². The number of hydrogen-bond donors (Lipinski definition) is 2. The van der Waals surface area contributed by atoms with E-state index in [0.717, 1.165) is 18.4 Å². The number of aliphatic imine (C=N–C) groups is 1. The number of nitrogens with one attached hydrogen (secondary N) is 1. The second kappa shape index (κ2) is 6.66. The molecular weight excluding hydrogens is 295 g/mol. The van der Waals surface area contributed by atoms with E-state index < -0.39 is 5.95 Å². The molecule has 1 saturated carbocycles. The van der Waals surface area contributed by atoms with Crippen molar-refractivity contribution in [3.63, 3.8) is 0 Å². The highest BCUT2D eigenvalue weighted by atomic mass is 19.1. The molecule has 0 bridgehead atoms. The number of pyridine rings is 1. The molecule has 0 atom stereocenters. The summed E-state index contributed by atoms with van der Waals surface area (Å²) in [7, 11) is 0. The summed E-state index contributed by atoms with van der Waals surface area (Å²) in [6, 6.07) is 4.08. The van der Waals surface area contributed by atoms with Crippen LogP contribution in [0.25, 0.3) is 5.70 Å². The van der Waals surface area contributed by atoms with Crippen molar-refractivity contribution >= 4 is 17.7 Å². The maximum absolute atomic E-state index is 14.3. The number of hydrogen-bond acceptors (Lipinski definition) is 5. The Morgan fingerprint density at radius 1 is 1.43 bits per heavy atom. The zero-order chi connectivity index (χ0) is 16.4. The average Bonchev–Trinajstić information content (AvgIpc) is 3.24. The lowest BCUT2D eigenvalue weighted by atomic mass is 9.98. The molecule has 3 N–H and O–H groups in total. The highest BCUT2D eigenvalue weighted by Crippen LogP contribution is 2.26. The van der Waals surface area contributed by atoms with Gasteiger partial charge in [-0.05, 0) is 36.5 Å². The maximum Gasteiger partial charge on any atom is 0.224 e. The standard InChI is InChI=1S/C17H23FN4O/c1-10(2)14(7-20-12-8-23-9-12)16(19)13-5-6-15(22-17(13)18)21-11-3-4-11/h5-7,10-12H,3-4,8-9,19H2,1-2H3,(H,21,22)/b16-14+,20-7?. The first-order valence-electron chi connectivity index (χ1n) is 8.08. The summed E-state index contributed by atoms with van der Waals surface area (Å²) < 4.78 is 19.4. The molecule has 2 fully saturated rings. The van der Waals surface area contributed by atoms with Crippen LogP contribution in [0.5, 0.6) is 0 Å². The first-order chi connectivity index (χ1) is 11.0. The lowest BCUT2D eigenvalue weighted by Gasteiger charge is -2.22. The quantitative estimate of drug-likeness (QED) is 0.624. The molecule has 1 aliphatic heterocycles. The van der Waals surface area contributed by atoms with Crippen molar-refractivity contribution in [3.05, 3.63) is 29.2 Å². The highest BCUT2D eigenvalue weighted by Gasteiger charge is 2.22. The molecule has 124 valence electrons. The molecule has 1 saturated heterocycles. The Morgan fingerprint density at radius 2 is 2.17 bits per heavy atom. The van der Waals surface area contributed by atoms with Crippen molar-refractivity contribution in [1.29, 1.82) is 0 Å². The molecule has 1 aromatic rings. The fourth-order valence-electron chi connectivity index (χ4n) is 2.33. The largest absolute Gasteiger partial charge is 0.398 e. The lowest BCUT2D eigenvalue weighted by Crippen LogP contribution is -2.31. The summed E-state index contributed by atoms with van der Waals surface area (Å²) in [6.45, 7) is 5.30. The summed E-state index contributed by atoms with van der Waals surface area (Å²) in [5.41, 5.74) is 7.75. The number of anilines is 1. The van der Waals surface area contributed by atoms with Gasteiger partial charge in [-0.2, -0.15) is 4.39 Å². The Balaban J connectivity index is 1.84. The molecule has 2 heterocycles. The topological polar surface area (TPSA) is 72.5 Å². The molecule has 2 aliphatic rings. The van der Waals surface area contributed by atoms with Crippen molar-refractivity contribution in [1.82, 2.24) is 4.98 Å². The SMILES string of the molecule is CC(C)/C(C=NC1COC1)=C(/N)c1ccc(NC2CC2)nc1F. The molecule has 0 spiro atoms. The van der Waals surface area contributed by atoms with Gasteiger partial charge in [-0.25, -0.2) is 4.98 Å². The number of aromatic nitrogens is 1. The van der Waals surface area contributed by atoms with Crippen LogP contribution in [-0.4, -0.2) is 36.5 Å². The smallest absolute Gasteiger partial charge is 0.224 e. The number of rotatable bonds is 6. The lowest BCUT2D eigenvalue weighted by molar-refractivity contribution is 0.0135. The van der Waals surface area contributed by atoms with Crippen molar-refractivity contribution in [2.24, 2.45) is 16.6 Å². The second-order valence-electron chi connectivity index (χ2n) is 6.45. The molecule has 0 amide bonds. The van der Waals surface area contributed by atoms with Crippen LogP contribution in [-0.2, 0) is 4.74 Å². The molecule has 23 heavy (non-hydrogen) atoms. The van der Waals surface area contributed by atoms with Crippen LogP contribution in [0.3, 0.4) is 0 Å². The normalized spacial score (nSPS) is 19.8. The van der Waals surface area contributed by atoms with E-state index >= 15 is 0 Å². The summed E-state index contributed by atoms with van der Waals surface area (Å²) >= 11 is 0. The van der Waals surface area contributed by atoms with Crippen molar-refractivity contribution in [2.75, 3.05) is 18.5 Å². The van der Waals surface area contributed by atoms with Crippen LogP contribution in [0.15, 0.2) is 22.7 Å². The zero-order valence-electron chi connectivity index (χ0n) is 13.6. The maximum atomic E-state index is 14.3. The van der Waals surface area contributed by atoms with E-state index in [4.69, 9.17) is 10.5 Å². The third-order valence-corrected chi connectivity index (χ3v) is 4.05. The minimum atomic E-state index is -0.549. The second-order valence-corrected chi connectivity index (χ2v) is 6.45. The predicted molar refractivity (Wildman–Crippen MR) is 89.9 cm³/mol. The van der Waals surface area contributed by atoms with Gasteiger partial charge in [0.2, 0.25) is 5.95 Å². The van der Waals surface area contributed by atoms with Crippen LogP contribution in [0, 0.1) is 11.9 Å². The van der Waals surface area contributed by atoms with Gasteiger partial charge in [0.05, 0.1) is 24.8 Å². The fraction of sp³-hybridized carbons (Fsp3) is 0.529. The van der Waals surface area contributed by atoms with Gasteiger partial charge in [-0.15, -0.1) is 0 Å². The van der Waals surface area contributed by atoms with Gasteiger partial charge in [-0.1, -0.05) is 13.8 Å². The summed E-state index contributed by atoms with van der Waals surface area (Å²) in [5, 5.41) is 3.18. The van der Waals surface area contributed by atoms with E-state index in [2.05, 4.69) is 15.3 Å². The Kier molecular flexibility index (Phi) is 4.61. The van der Waals surface area contributed by atoms with Crippen LogP contribution in [0.2, 0.25) is 0 Å². The van der Waals surface area contributed by atoms with Gasteiger partial charge in [0.25, 0.3) is 0 Å². The van der Waals surface area contributed by atoms with Crippen molar-refractivity contribution in [3.8, 4) is 0 Å². The Bertz CT molecular complexity index is 633. The van der Waals surface area contributed by atoms with Crippen molar-refractivity contribution in [2.45, 2.75) is 38.8 Å². The van der Waals surface area contributed by atoms with E-state index in [-0.39, 0.29) is 12.0 Å². The van der Waals surface area contributed by atoms with Gasteiger partial charge in [-0.3, -0.25) is 4.99 Å². The predicted octanol–water partition coefficient (Wildman–Crippen LogP) is 2.59. The van der Waals surface area contributed by atoms with Crippen molar-refractivity contribution < 1.29 is 9.13 Å². The summed E-state index contributed by atoms with van der Waals surface area (Å²) in [5.74, 6) is 0.156. The van der Waals surface area contributed by atoms with Gasteiger partial charge in [0.15, 0.2) is 0 Å². The fourth-order valence-corrected chi connectivity index (χ4v) is 2.33. The van der Waals surface area contributed by atoms with E-state index in [9.17, 15) is 4.39 Å². The van der Waals surface area contributed by atoms with Gasteiger partial charge in [0.1, 0.15) is 5.82 Å². The molecule has 3 rings (SSSR count). The van der Waals surface area contributed by atoms with Gasteiger partial charge >= 0.3 is 0 Å². The monoisotopic (exact) mass is 318 g/mol. The molecule has 5 nitrogen and oxygen atoms in total. The number of nitrogens with two attached hydrogens (primary N) is 1. The van der Waals surface area contributed by atoms with Crippen LogP contribution in [0.4, 0.5) is 10.2 Å². The number of nitrogens with zero attached hydrogens (tertiary/aromatic N) is 2. The minimum absolute atomic E-state index is 0.142. The Labute approximate surface area is 135 Å².